The minimum Gasteiger partial charge on any atom is -0.460 e. The Bertz CT molecular complexity index is 632. The SMILES string of the molecule is CC1=C(CCSCCC(C)(C)S)C1(C)OCCC(C)(C)OC(=O)CCSCCC(C)(C)S. The number of carbonyl (C=O) groups excluding carboxylic acids is 1. The van der Waals surface area contributed by atoms with E-state index in [1.54, 1.807) is 11.8 Å². The molecule has 1 aliphatic carbocycles. The predicted octanol–water partition coefficient (Wildman–Crippen LogP) is 7.25. The van der Waals surface area contributed by atoms with E-state index < -0.39 is 5.60 Å². The Morgan fingerprint density at radius 3 is 1.97 bits per heavy atom. The van der Waals surface area contributed by atoms with Crippen LogP contribution < -0.4 is 0 Å². The van der Waals surface area contributed by atoms with Crippen LogP contribution in [-0.2, 0) is 14.3 Å². The fourth-order valence-corrected chi connectivity index (χ4v) is 6.20. The molecule has 0 saturated carbocycles. The highest BCUT2D eigenvalue weighted by atomic mass is 32.2. The van der Waals surface area contributed by atoms with Crippen molar-refractivity contribution in [2.45, 2.75) is 108 Å². The van der Waals surface area contributed by atoms with Crippen LogP contribution in [-0.4, -0.2) is 56.3 Å². The lowest BCUT2D eigenvalue weighted by molar-refractivity contribution is -0.157. The zero-order valence-electron chi connectivity index (χ0n) is 21.5. The third-order valence-corrected chi connectivity index (χ3v) is 8.25. The van der Waals surface area contributed by atoms with Crippen molar-refractivity contribution >= 4 is 54.8 Å². The molecule has 0 radical (unpaired) electrons. The summed E-state index contributed by atoms with van der Waals surface area (Å²) in [4.78, 5) is 12.2. The van der Waals surface area contributed by atoms with Crippen LogP contribution in [0.4, 0.5) is 0 Å². The summed E-state index contributed by atoms with van der Waals surface area (Å²) in [5.41, 5.74) is 2.10. The molecule has 1 rings (SSSR count). The van der Waals surface area contributed by atoms with Crippen molar-refractivity contribution in [2.75, 3.05) is 29.6 Å². The molecule has 0 heterocycles. The maximum absolute atomic E-state index is 12.2. The van der Waals surface area contributed by atoms with E-state index in [2.05, 4.69) is 66.8 Å². The van der Waals surface area contributed by atoms with E-state index in [1.807, 2.05) is 25.6 Å². The Morgan fingerprint density at radius 2 is 1.44 bits per heavy atom. The lowest BCUT2D eigenvalue weighted by atomic mass is 10.1. The summed E-state index contributed by atoms with van der Waals surface area (Å²) in [7, 11) is 0. The topological polar surface area (TPSA) is 35.5 Å². The lowest BCUT2D eigenvalue weighted by Gasteiger charge is -2.26. The van der Waals surface area contributed by atoms with E-state index in [0.29, 0.717) is 19.4 Å². The predicted molar refractivity (Wildman–Crippen MR) is 151 cm³/mol. The number of hydrogen-bond acceptors (Lipinski definition) is 7. The van der Waals surface area contributed by atoms with Gasteiger partial charge in [0.2, 0.25) is 0 Å². The van der Waals surface area contributed by atoms with Gasteiger partial charge in [-0.15, -0.1) is 0 Å². The monoisotopic (exact) mass is 522 g/mol. The van der Waals surface area contributed by atoms with Gasteiger partial charge in [0.1, 0.15) is 11.2 Å². The third-order valence-electron chi connectivity index (χ3n) is 5.83. The van der Waals surface area contributed by atoms with Gasteiger partial charge in [0.25, 0.3) is 0 Å². The van der Waals surface area contributed by atoms with E-state index in [-0.39, 0.29) is 21.1 Å². The number of carbonyl (C=O) groups is 1. The molecule has 1 aliphatic rings. The van der Waals surface area contributed by atoms with Gasteiger partial charge in [0, 0.05) is 21.7 Å². The van der Waals surface area contributed by atoms with Crippen LogP contribution in [0.1, 0.15) is 87.5 Å². The minimum atomic E-state index is -0.510. The van der Waals surface area contributed by atoms with Gasteiger partial charge in [-0.2, -0.15) is 48.8 Å². The van der Waals surface area contributed by atoms with E-state index >= 15 is 0 Å². The Morgan fingerprint density at radius 1 is 0.906 bits per heavy atom. The van der Waals surface area contributed by atoms with Crippen molar-refractivity contribution in [3.8, 4) is 0 Å². The van der Waals surface area contributed by atoms with Crippen molar-refractivity contribution in [1.29, 1.82) is 0 Å². The van der Waals surface area contributed by atoms with E-state index in [1.165, 1.54) is 11.1 Å². The summed E-state index contributed by atoms with van der Waals surface area (Å²) in [6.45, 7) is 17.4. The molecule has 0 N–H and O–H groups in total. The summed E-state index contributed by atoms with van der Waals surface area (Å²) in [5, 5.41) is 0. The van der Waals surface area contributed by atoms with Crippen LogP contribution in [0, 0.1) is 0 Å². The Hall–Kier alpha value is 0.570. The first-order valence-electron chi connectivity index (χ1n) is 11.7. The molecule has 0 spiro atoms. The van der Waals surface area contributed by atoms with Crippen LogP contribution in [0.3, 0.4) is 0 Å². The number of esters is 1. The summed E-state index contributed by atoms with van der Waals surface area (Å²) >= 11 is 12.9. The van der Waals surface area contributed by atoms with Gasteiger partial charge in [-0.1, -0.05) is 27.7 Å². The van der Waals surface area contributed by atoms with Gasteiger partial charge < -0.3 is 9.47 Å². The second-order valence-corrected chi connectivity index (χ2v) is 15.7. The summed E-state index contributed by atoms with van der Waals surface area (Å²) < 4.78 is 12.1. The van der Waals surface area contributed by atoms with Gasteiger partial charge in [-0.05, 0) is 75.4 Å². The number of ether oxygens (including phenoxy) is 2. The highest BCUT2D eigenvalue weighted by molar-refractivity contribution is 7.99. The van der Waals surface area contributed by atoms with Crippen molar-refractivity contribution < 1.29 is 14.3 Å². The van der Waals surface area contributed by atoms with Gasteiger partial charge in [-0.25, -0.2) is 0 Å². The van der Waals surface area contributed by atoms with Crippen molar-refractivity contribution in [3.05, 3.63) is 11.1 Å². The van der Waals surface area contributed by atoms with Crippen LogP contribution >= 0.6 is 48.8 Å². The van der Waals surface area contributed by atoms with Crippen LogP contribution in [0.5, 0.6) is 0 Å². The molecule has 1 atom stereocenters. The maximum atomic E-state index is 12.2. The first-order valence-corrected chi connectivity index (χ1v) is 14.9. The van der Waals surface area contributed by atoms with Gasteiger partial charge >= 0.3 is 5.97 Å². The quantitative estimate of drug-likeness (QED) is 0.0910. The normalized spacial score (nSPS) is 19.4. The number of thiol groups is 2. The van der Waals surface area contributed by atoms with Gasteiger partial charge in [-0.3, -0.25) is 4.79 Å². The summed E-state index contributed by atoms with van der Waals surface area (Å²) in [6.07, 6.45) is 4.38. The molecule has 0 aliphatic heterocycles. The Labute approximate surface area is 217 Å². The van der Waals surface area contributed by atoms with E-state index in [9.17, 15) is 4.79 Å². The second-order valence-electron chi connectivity index (χ2n) is 10.8. The molecule has 0 aromatic carbocycles. The highest BCUT2D eigenvalue weighted by Crippen LogP contribution is 2.49. The highest BCUT2D eigenvalue weighted by Gasteiger charge is 2.46. The van der Waals surface area contributed by atoms with Crippen molar-refractivity contribution in [3.63, 3.8) is 0 Å². The standard InChI is InChI=1S/C25H46O3S4/c1-19-20(9-15-31-17-12-23(4,5)29)25(19,8)27-14-11-22(2,3)28-21(26)10-16-32-18-13-24(6,7)30/h29-30H,9-18H2,1-8H3. The molecule has 3 nitrogen and oxygen atoms in total. The molecule has 0 fully saturated rings. The molecule has 7 heteroatoms. The third kappa shape index (κ3) is 12.9. The van der Waals surface area contributed by atoms with Crippen LogP contribution in [0.15, 0.2) is 11.1 Å². The molecule has 0 bridgehead atoms. The van der Waals surface area contributed by atoms with E-state index in [0.717, 1.165) is 42.3 Å². The number of rotatable bonds is 17. The molecule has 188 valence electrons. The maximum Gasteiger partial charge on any atom is 0.307 e. The Kier molecular flexibility index (Phi) is 12.5. The average Bonchev–Trinajstić information content (AvgIpc) is 3.11. The first kappa shape index (κ1) is 30.6. The lowest BCUT2D eigenvalue weighted by Crippen LogP contribution is -2.31. The minimum absolute atomic E-state index is 0.0447. The van der Waals surface area contributed by atoms with Crippen LogP contribution in [0.2, 0.25) is 0 Å². The summed E-state index contributed by atoms with van der Waals surface area (Å²) in [5.74, 6) is 3.96. The second kappa shape index (κ2) is 13.0. The molecule has 1 unspecified atom stereocenters. The fraction of sp³-hybridized carbons (Fsp3) is 0.880. The molecule has 0 aromatic heterocycles. The molecule has 32 heavy (non-hydrogen) atoms. The summed E-state index contributed by atoms with van der Waals surface area (Å²) in [6, 6.07) is 0. The zero-order chi connectivity index (χ0) is 24.6. The average molecular weight is 523 g/mol. The fourth-order valence-electron chi connectivity index (χ4n) is 3.29. The largest absolute Gasteiger partial charge is 0.460 e. The molecule has 0 saturated heterocycles. The van der Waals surface area contributed by atoms with Gasteiger partial charge in [0.05, 0.1) is 13.0 Å². The molecule has 0 amide bonds. The van der Waals surface area contributed by atoms with Crippen LogP contribution in [0.25, 0.3) is 0 Å². The first-order chi connectivity index (χ1) is 14.6. The molecule has 0 aromatic rings. The smallest absolute Gasteiger partial charge is 0.307 e. The Balaban J connectivity index is 2.21. The van der Waals surface area contributed by atoms with Gasteiger partial charge in [0.15, 0.2) is 0 Å². The van der Waals surface area contributed by atoms with Crippen molar-refractivity contribution in [2.24, 2.45) is 0 Å². The number of hydrogen-bond donors (Lipinski definition) is 2. The van der Waals surface area contributed by atoms with E-state index in [4.69, 9.17) is 9.47 Å². The number of thioether (sulfide) groups is 2. The molecular formula is C25H46O3S4. The molecular weight excluding hydrogens is 477 g/mol. The van der Waals surface area contributed by atoms with Crippen molar-refractivity contribution in [1.82, 2.24) is 0 Å². The zero-order valence-corrected chi connectivity index (χ0v) is 24.9.